The molecule has 1 fully saturated rings. The largest absolute Gasteiger partial charge is 0.493 e. The highest BCUT2D eigenvalue weighted by Gasteiger charge is 2.55. The number of carbonyl (C=O) groups is 4. The Bertz CT molecular complexity index is 4260. The number of aliphatic imine (C=N–C) groups is 2. The van der Waals surface area contributed by atoms with Gasteiger partial charge in [0.15, 0.2) is 22.3 Å². The molecule has 0 bridgehead atoms. The number of sulfonamides is 2. The Kier molecular flexibility index (Phi) is 37.3. The minimum absolute atomic E-state index is 0.0698. The van der Waals surface area contributed by atoms with Gasteiger partial charge in [0.1, 0.15) is 38.6 Å². The first-order chi connectivity index (χ1) is 53.4. The molecule has 6 aromatic carbocycles. The average Bonchev–Trinajstić information content (AvgIpc) is 1.73. The van der Waals surface area contributed by atoms with Gasteiger partial charge >= 0.3 is 6.09 Å². The number of benzene rings is 6. The molecule has 606 valence electrons. The van der Waals surface area contributed by atoms with E-state index in [1.54, 1.807) is 60.7 Å². The minimum atomic E-state index is -4.32. The lowest BCUT2D eigenvalue weighted by Crippen LogP contribution is -2.59. The molecule has 4 amide bonds. The number of amides is 4. The summed E-state index contributed by atoms with van der Waals surface area (Å²) >= 11 is 3.48. The maximum Gasteiger partial charge on any atom is 0.418 e. The molecule has 2 N–H and O–H groups in total. The highest BCUT2D eigenvalue weighted by atomic mass is 79.9. The second-order valence-corrected chi connectivity index (χ2v) is 33.5. The van der Waals surface area contributed by atoms with Crippen molar-refractivity contribution in [3.63, 3.8) is 0 Å². The Labute approximate surface area is 670 Å². The zero-order valence-electron chi connectivity index (χ0n) is 67.5. The van der Waals surface area contributed by atoms with E-state index in [4.69, 9.17) is 23.7 Å². The number of imide groups is 1. The van der Waals surface area contributed by atoms with Crippen LogP contribution in [0.4, 0.5) is 27.5 Å². The molecule has 2 unspecified atom stereocenters. The molecule has 24 heteroatoms. The van der Waals surface area contributed by atoms with Gasteiger partial charge in [-0.25, -0.2) is 36.5 Å². The number of halogens is 1. The van der Waals surface area contributed by atoms with Gasteiger partial charge in [0.25, 0.3) is 31.9 Å². The number of ether oxygens (including phenoxy) is 5. The number of cyclic esters (lactones) is 1. The number of aryl methyl sites for hydroxylation is 4. The summed E-state index contributed by atoms with van der Waals surface area (Å²) in [5.41, 5.74) is 3.75. The molecule has 3 aliphatic rings. The van der Waals surface area contributed by atoms with Crippen LogP contribution in [0.15, 0.2) is 153 Å². The van der Waals surface area contributed by atoms with Crippen LogP contribution in [0.5, 0.6) is 23.0 Å². The van der Waals surface area contributed by atoms with Gasteiger partial charge in [0, 0.05) is 25.9 Å². The molecular weight excluding hydrogens is 1510 g/mol. The van der Waals surface area contributed by atoms with Crippen molar-refractivity contribution in [3.05, 3.63) is 156 Å². The number of nitrogens with one attached hydrogen (secondary N) is 2. The van der Waals surface area contributed by atoms with E-state index in [0.29, 0.717) is 65.5 Å². The van der Waals surface area contributed by atoms with Gasteiger partial charge in [-0.1, -0.05) is 250 Å². The number of fused-ring (bicyclic) bond motifs is 2. The van der Waals surface area contributed by atoms with E-state index in [-0.39, 0.29) is 53.3 Å². The van der Waals surface area contributed by atoms with E-state index in [1.807, 2.05) is 82.3 Å². The van der Waals surface area contributed by atoms with Crippen LogP contribution in [0.2, 0.25) is 0 Å². The predicted molar refractivity (Wildman–Crippen MR) is 449 cm³/mol. The Hall–Kier alpha value is -8.32. The lowest BCUT2D eigenvalue weighted by molar-refractivity contribution is -0.137. The fraction of sp³-hybridized carbons (Fsp3) is 0.517. The summed E-state index contributed by atoms with van der Waals surface area (Å²) in [5.74, 6) is 0.0397. The highest BCUT2D eigenvalue weighted by molar-refractivity contribution is 9.10. The molecule has 3 aliphatic heterocycles. The summed E-state index contributed by atoms with van der Waals surface area (Å²) in [6.07, 6.45) is 23.7. The molecule has 0 radical (unpaired) electrons. The van der Waals surface area contributed by atoms with Gasteiger partial charge in [-0.2, -0.15) is 0 Å². The van der Waals surface area contributed by atoms with Crippen LogP contribution in [0.3, 0.4) is 0 Å². The average molecular weight is 1630 g/mol. The molecule has 0 aliphatic carbocycles. The van der Waals surface area contributed by atoms with Crippen LogP contribution in [0.25, 0.3) is 0 Å². The number of hydrogen-bond donors (Lipinski definition) is 2. The van der Waals surface area contributed by atoms with Crippen molar-refractivity contribution in [3.8, 4) is 23.0 Å². The number of alkyl halides is 1. The van der Waals surface area contributed by atoms with Gasteiger partial charge in [-0.3, -0.25) is 23.0 Å². The molecule has 0 spiro atoms. The smallest absolute Gasteiger partial charge is 0.418 e. The van der Waals surface area contributed by atoms with Crippen LogP contribution in [-0.2, 0) is 39.2 Å². The summed E-state index contributed by atoms with van der Waals surface area (Å²) in [7, 11) is -8.29. The van der Waals surface area contributed by atoms with Gasteiger partial charge in [-0.05, 0) is 146 Å². The Morgan fingerprint density at radius 3 is 1.23 bits per heavy atom. The Morgan fingerprint density at radius 2 is 0.829 bits per heavy atom. The summed E-state index contributed by atoms with van der Waals surface area (Å²) < 4.78 is 88.1. The lowest BCUT2D eigenvalue weighted by atomic mass is 10.1. The maximum atomic E-state index is 14.6. The summed E-state index contributed by atoms with van der Waals surface area (Å²) in [4.78, 5) is 66.8. The Balaban J connectivity index is 0.000000286. The van der Waals surface area contributed by atoms with Crippen molar-refractivity contribution >= 4 is 94.2 Å². The van der Waals surface area contributed by atoms with E-state index >= 15 is 0 Å². The van der Waals surface area contributed by atoms with Gasteiger partial charge in [-0.15, -0.1) is 0 Å². The van der Waals surface area contributed by atoms with Crippen LogP contribution in [0.1, 0.15) is 212 Å². The highest BCUT2D eigenvalue weighted by Crippen LogP contribution is 2.39. The van der Waals surface area contributed by atoms with E-state index in [1.165, 1.54) is 152 Å². The zero-order chi connectivity index (χ0) is 80.4. The number of amidine groups is 2. The molecular formula is C87H121BrN8O13S2. The third-order valence-corrected chi connectivity index (χ3v) is 24.2. The fourth-order valence-electron chi connectivity index (χ4n) is 13.3. The molecule has 111 heavy (non-hydrogen) atoms. The van der Waals surface area contributed by atoms with E-state index in [0.717, 1.165) is 64.4 Å². The molecule has 0 saturated carbocycles. The molecule has 6 aromatic rings. The molecule has 3 heterocycles. The SMILES string of the molecule is CCCCCCCCCCCCOc1ccccc1NC(=O)C(Br)C1=Nc2ccccc2S(=O)(=O)N1CCCOc1ccc(C)cc1C.CCCCCCCCCCCCOc1ccccc1NC(=O)C(C1=Nc2ccccc2S(=O)(=O)N1CCCOc1ccc(C)cc1C)N1C(=O)OC(C)(C)C1=O.CCN(CC)CC. The first kappa shape index (κ1) is 89.9. The number of rotatable bonds is 44. The number of anilines is 2. The zero-order valence-corrected chi connectivity index (χ0v) is 70.7. The van der Waals surface area contributed by atoms with Crippen molar-refractivity contribution in [2.24, 2.45) is 9.98 Å². The number of para-hydroxylation sites is 6. The van der Waals surface area contributed by atoms with Crippen molar-refractivity contribution in [2.45, 2.75) is 244 Å². The number of hydrogen-bond acceptors (Lipinski definition) is 16. The van der Waals surface area contributed by atoms with E-state index < -0.39 is 60.3 Å². The lowest BCUT2D eigenvalue weighted by Gasteiger charge is -2.35. The second-order valence-electron chi connectivity index (χ2n) is 28.9. The molecule has 2 atom stereocenters. The van der Waals surface area contributed by atoms with Crippen LogP contribution in [0, 0.1) is 27.7 Å². The van der Waals surface area contributed by atoms with Crippen LogP contribution >= 0.6 is 15.9 Å². The van der Waals surface area contributed by atoms with Crippen LogP contribution in [-0.4, -0.2) is 146 Å². The number of carbonyl (C=O) groups excluding carboxylic acids is 4. The molecule has 0 aromatic heterocycles. The molecule has 1 saturated heterocycles. The van der Waals surface area contributed by atoms with Crippen LogP contribution < -0.4 is 29.6 Å². The predicted octanol–water partition coefficient (Wildman–Crippen LogP) is 19.7. The topological polar surface area (TPSA) is 244 Å². The quantitative estimate of drug-likeness (QED) is 0.0267. The first-order valence-corrected chi connectivity index (χ1v) is 44.0. The fourth-order valence-corrected chi connectivity index (χ4v) is 17.2. The number of nitrogens with zero attached hydrogens (tertiary/aromatic N) is 6. The van der Waals surface area contributed by atoms with Crippen molar-refractivity contribution in [1.82, 2.24) is 18.4 Å². The standard InChI is InChI=1S/C43H56N4O8S.C38H50BrN3O5S.C6H15N/c1-6-7-8-9-10-11-12-13-14-19-28-54-36-23-17-15-21-33(36)45-40(48)38(47-41(49)43(4,5)55-42(47)50)39-44-34-22-16-18-24-37(34)56(51,52)46(39)27-20-29-53-35-26-25-31(2)30-32(35)3;1-4-5-6-7-8-9-10-11-12-17-26-47-34-21-15-13-19-31(34)41-38(43)36(39)37-40-32-20-14-16-22-35(32)48(44,45)42(37)25-18-27-46-33-24-23-29(2)28-30(33)3;1-4-7(5-2)6-3/h15-18,21-26,30,38H,6-14,19-20,27-29H2,1-5H3,(H,45,48);13-16,19-24,28,36H,4-12,17-18,25-27H2,1-3H3,(H,41,43);4-6H2,1-3H3. The summed E-state index contributed by atoms with van der Waals surface area (Å²) in [6, 6.07) is 36.8. The third kappa shape index (κ3) is 26.7. The number of unbranched alkanes of at least 4 members (excludes halogenated alkanes) is 18. The molecule has 21 nitrogen and oxygen atoms in total. The van der Waals surface area contributed by atoms with Gasteiger partial charge < -0.3 is 39.2 Å². The van der Waals surface area contributed by atoms with Crippen molar-refractivity contribution < 1.29 is 59.7 Å². The molecule has 9 rings (SSSR count). The second kappa shape index (κ2) is 46.0. The first-order valence-electron chi connectivity index (χ1n) is 40.2. The maximum absolute atomic E-state index is 14.6. The monoisotopic (exact) mass is 1630 g/mol. The third-order valence-electron chi connectivity index (χ3n) is 19.7. The van der Waals surface area contributed by atoms with Gasteiger partial charge in [0.05, 0.1) is 49.2 Å². The van der Waals surface area contributed by atoms with Gasteiger partial charge in [0.2, 0.25) is 5.91 Å². The van der Waals surface area contributed by atoms with Crippen molar-refractivity contribution in [2.75, 3.05) is 69.8 Å². The minimum Gasteiger partial charge on any atom is -0.493 e. The normalized spacial score (nSPS) is 14.9. The summed E-state index contributed by atoms with van der Waals surface area (Å²) in [6.45, 7) is 26.7. The van der Waals surface area contributed by atoms with E-state index in [9.17, 15) is 36.0 Å². The summed E-state index contributed by atoms with van der Waals surface area (Å²) in [5, 5.41) is 5.75. The van der Waals surface area contributed by atoms with E-state index in [2.05, 4.69) is 76.1 Å². The van der Waals surface area contributed by atoms with Crippen molar-refractivity contribution in [1.29, 1.82) is 0 Å². The Morgan fingerprint density at radius 1 is 0.468 bits per heavy atom.